The van der Waals surface area contributed by atoms with Crippen molar-refractivity contribution in [2.75, 3.05) is 33.9 Å². The molecule has 0 aliphatic carbocycles. The number of nitrogens with two attached hydrogens (primary N) is 1. The lowest BCUT2D eigenvalue weighted by atomic mass is 10.1. The molecule has 0 bridgehead atoms. The average Bonchev–Trinajstić information content (AvgIpc) is 2.29. The Hall–Kier alpha value is -0.780. The van der Waals surface area contributed by atoms with Gasteiger partial charge in [0.2, 0.25) is 0 Å². The summed E-state index contributed by atoms with van der Waals surface area (Å²) in [5.74, 6) is 1.58. The molecule has 1 aromatic carbocycles. The normalized spacial score (nSPS) is 16.1. The Morgan fingerprint density at radius 1 is 1.35 bits per heavy atom. The number of benzene rings is 1. The summed E-state index contributed by atoms with van der Waals surface area (Å²) in [4.78, 5) is 2.10. The molecular formula is C12H17BrN2O2. The highest BCUT2D eigenvalue weighted by atomic mass is 79.9. The second-order valence-electron chi connectivity index (χ2n) is 4.24. The summed E-state index contributed by atoms with van der Waals surface area (Å²) in [6.07, 6.45) is 0. The maximum absolute atomic E-state index is 5.80. The molecule has 0 aromatic heterocycles. The van der Waals surface area contributed by atoms with E-state index in [1.807, 2.05) is 26.2 Å². The van der Waals surface area contributed by atoms with Crippen LogP contribution in [0.3, 0.4) is 0 Å². The number of halogens is 1. The van der Waals surface area contributed by atoms with Gasteiger partial charge in [-0.25, -0.2) is 0 Å². The highest BCUT2D eigenvalue weighted by molar-refractivity contribution is 9.10. The van der Waals surface area contributed by atoms with E-state index in [9.17, 15) is 0 Å². The molecule has 1 aliphatic rings. The van der Waals surface area contributed by atoms with Crippen LogP contribution in [0, 0.1) is 0 Å². The Balaban J connectivity index is 2.39. The zero-order chi connectivity index (χ0) is 12.4. The van der Waals surface area contributed by atoms with Crippen molar-refractivity contribution in [1.29, 1.82) is 0 Å². The summed E-state index contributed by atoms with van der Waals surface area (Å²) in [7, 11) is 4.03. The van der Waals surface area contributed by atoms with Gasteiger partial charge in [0.1, 0.15) is 13.2 Å². The van der Waals surface area contributed by atoms with E-state index in [2.05, 4.69) is 20.8 Å². The molecule has 0 radical (unpaired) electrons. The van der Waals surface area contributed by atoms with Crippen LogP contribution in [0.5, 0.6) is 11.5 Å². The van der Waals surface area contributed by atoms with E-state index in [0.717, 1.165) is 21.5 Å². The molecule has 1 heterocycles. The summed E-state index contributed by atoms with van der Waals surface area (Å²) in [6.45, 7) is 1.76. The number of hydrogen-bond acceptors (Lipinski definition) is 4. The van der Waals surface area contributed by atoms with Crippen molar-refractivity contribution < 1.29 is 9.47 Å². The van der Waals surface area contributed by atoms with E-state index in [1.165, 1.54) is 0 Å². The highest BCUT2D eigenvalue weighted by Gasteiger charge is 2.20. The van der Waals surface area contributed by atoms with Gasteiger partial charge in [-0.05, 0) is 47.7 Å². The van der Waals surface area contributed by atoms with Gasteiger partial charge in [0.25, 0.3) is 0 Å². The average molecular weight is 301 g/mol. The first kappa shape index (κ1) is 12.7. The number of hydrogen-bond donors (Lipinski definition) is 1. The maximum atomic E-state index is 5.80. The fraction of sp³-hybridized carbons (Fsp3) is 0.500. The Kier molecular flexibility index (Phi) is 3.91. The smallest absolute Gasteiger partial charge is 0.175 e. The van der Waals surface area contributed by atoms with Gasteiger partial charge < -0.3 is 20.1 Å². The first-order valence-electron chi connectivity index (χ1n) is 5.59. The first-order chi connectivity index (χ1) is 8.13. The van der Waals surface area contributed by atoms with E-state index >= 15 is 0 Å². The molecule has 1 unspecified atom stereocenters. The van der Waals surface area contributed by atoms with Crippen molar-refractivity contribution in [3.05, 3.63) is 22.2 Å². The van der Waals surface area contributed by atoms with Crippen molar-refractivity contribution in [2.24, 2.45) is 5.73 Å². The third-order valence-corrected chi connectivity index (χ3v) is 3.44. The zero-order valence-corrected chi connectivity index (χ0v) is 11.7. The lowest BCUT2D eigenvalue weighted by molar-refractivity contribution is 0.169. The summed E-state index contributed by atoms with van der Waals surface area (Å²) >= 11 is 3.52. The fourth-order valence-corrected chi connectivity index (χ4v) is 2.54. The van der Waals surface area contributed by atoms with Crippen LogP contribution in [0.25, 0.3) is 0 Å². The number of nitrogens with zero attached hydrogens (tertiary/aromatic N) is 1. The molecule has 1 aliphatic heterocycles. The second-order valence-corrected chi connectivity index (χ2v) is 5.10. The van der Waals surface area contributed by atoms with E-state index in [4.69, 9.17) is 15.2 Å². The molecule has 4 nitrogen and oxygen atoms in total. The lowest BCUT2D eigenvalue weighted by Gasteiger charge is -2.26. The van der Waals surface area contributed by atoms with Gasteiger partial charge in [0.05, 0.1) is 4.47 Å². The minimum atomic E-state index is 0.183. The fourth-order valence-electron chi connectivity index (χ4n) is 1.97. The van der Waals surface area contributed by atoms with Crippen LogP contribution in [0.1, 0.15) is 11.6 Å². The molecule has 1 aromatic rings. The lowest BCUT2D eigenvalue weighted by Crippen LogP contribution is -2.27. The minimum Gasteiger partial charge on any atom is -0.486 e. The maximum Gasteiger partial charge on any atom is 0.175 e. The molecule has 0 spiro atoms. The molecule has 0 fully saturated rings. The molecule has 0 saturated carbocycles. The van der Waals surface area contributed by atoms with Gasteiger partial charge in [-0.15, -0.1) is 0 Å². The van der Waals surface area contributed by atoms with Crippen molar-refractivity contribution in [2.45, 2.75) is 6.04 Å². The quantitative estimate of drug-likeness (QED) is 0.924. The monoisotopic (exact) mass is 300 g/mol. The van der Waals surface area contributed by atoms with Crippen LogP contribution < -0.4 is 15.2 Å². The SMILES string of the molecule is CN(C)C(CN)c1cc(Br)c2c(c1)OCCO2. The molecule has 1 atom stereocenters. The van der Waals surface area contributed by atoms with Crippen LogP contribution in [0.4, 0.5) is 0 Å². The van der Waals surface area contributed by atoms with Crippen LogP contribution in [-0.4, -0.2) is 38.8 Å². The van der Waals surface area contributed by atoms with Crippen molar-refractivity contribution in [3.63, 3.8) is 0 Å². The van der Waals surface area contributed by atoms with E-state index in [-0.39, 0.29) is 6.04 Å². The first-order valence-corrected chi connectivity index (χ1v) is 6.38. The standard InChI is InChI=1S/C12H17BrN2O2/c1-15(2)10(7-14)8-5-9(13)12-11(6-8)16-3-4-17-12/h5-6,10H,3-4,7,14H2,1-2H3. The van der Waals surface area contributed by atoms with Crippen LogP contribution in [-0.2, 0) is 0 Å². The van der Waals surface area contributed by atoms with Crippen LogP contribution >= 0.6 is 15.9 Å². The van der Waals surface area contributed by atoms with Gasteiger partial charge in [0.15, 0.2) is 11.5 Å². The van der Waals surface area contributed by atoms with Gasteiger partial charge >= 0.3 is 0 Å². The van der Waals surface area contributed by atoms with Crippen LogP contribution in [0.15, 0.2) is 16.6 Å². The van der Waals surface area contributed by atoms with Gasteiger partial charge in [0, 0.05) is 12.6 Å². The molecule has 94 valence electrons. The van der Waals surface area contributed by atoms with E-state index < -0.39 is 0 Å². The third kappa shape index (κ3) is 2.56. The predicted molar refractivity (Wildman–Crippen MR) is 70.6 cm³/mol. The largest absolute Gasteiger partial charge is 0.486 e. The Morgan fingerprint density at radius 3 is 2.71 bits per heavy atom. The zero-order valence-electron chi connectivity index (χ0n) is 10.1. The Bertz CT molecular complexity index is 410. The van der Waals surface area contributed by atoms with E-state index in [1.54, 1.807) is 0 Å². The van der Waals surface area contributed by atoms with Crippen molar-refractivity contribution in [3.8, 4) is 11.5 Å². The molecule has 5 heteroatoms. The number of rotatable bonds is 3. The molecular weight excluding hydrogens is 284 g/mol. The van der Waals surface area contributed by atoms with Gasteiger partial charge in [-0.3, -0.25) is 0 Å². The molecule has 2 rings (SSSR count). The summed E-state index contributed by atoms with van der Waals surface area (Å²) in [5, 5.41) is 0. The second kappa shape index (κ2) is 5.25. The van der Waals surface area contributed by atoms with Crippen LogP contribution in [0.2, 0.25) is 0 Å². The topological polar surface area (TPSA) is 47.7 Å². The number of ether oxygens (including phenoxy) is 2. The predicted octanol–water partition coefficient (Wildman–Crippen LogP) is 1.78. The van der Waals surface area contributed by atoms with Gasteiger partial charge in [-0.2, -0.15) is 0 Å². The van der Waals surface area contributed by atoms with Crippen molar-refractivity contribution >= 4 is 15.9 Å². The van der Waals surface area contributed by atoms with Gasteiger partial charge in [-0.1, -0.05) is 0 Å². The molecule has 2 N–H and O–H groups in total. The third-order valence-electron chi connectivity index (χ3n) is 2.85. The Labute approximate surface area is 110 Å². The van der Waals surface area contributed by atoms with E-state index in [0.29, 0.717) is 19.8 Å². The number of likely N-dealkylation sites (N-methyl/N-ethyl adjacent to an activating group) is 1. The highest BCUT2D eigenvalue weighted by Crippen LogP contribution is 2.40. The molecule has 17 heavy (non-hydrogen) atoms. The summed E-state index contributed by atoms with van der Waals surface area (Å²) in [5.41, 5.74) is 6.94. The summed E-state index contributed by atoms with van der Waals surface area (Å²) in [6, 6.07) is 4.24. The molecule has 0 amide bonds. The summed E-state index contributed by atoms with van der Waals surface area (Å²) < 4.78 is 12.1. The van der Waals surface area contributed by atoms with Crippen molar-refractivity contribution in [1.82, 2.24) is 4.90 Å². The Morgan fingerprint density at radius 2 is 2.06 bits per heavy atom. The minimum absolute atomic E-state index is 0.183. The number of fused-ring (bicyclic) bond motifs is 1. The molecule has 0 saturated heterocycles.